The second kappa shape index (κ2) is 7.87. The predicted molar refractivity (Wildman–Crippen MR) is 99.8 cm³/mol. The summed E-state index contributed by atoms with van der Waals surface area (Å²) in [4.78, 5) is 29.4. The molecular weight excluding hydrogens is 388 g/mol. The van der Waals surface area contributed by atoms with Crippen LogP contribution in [0.2, 0.25) is 0 Å². The van der Waals surface area contributed by atoms with Gasteiger partial charge in [0.1, 0.15) is 17.7 Å². The highest BCUT2D eigenvalue weighted by Crippen LogP contribution is 2.33. The highest BCUT2D eigenvalue weighted by Gasteiger charge is 2.29. The van der Waals surface area contributed by atoms with Crippen molar-refractivity contribution in [3.8, 4) is 0 Å². The average molecular weight is 411 g/mol. The lowest BCUT2D eigenvalue weighted by molar-refractivity contribution is -0.153. The average Bonchev–Trinajstić information content (AvgIpc) is 2.40. The second-order valence-electron chi connectivity index (χ2n) is 7.40. The molecule has 0 aliphatic rings. The molecule has 25 heavy (non-hydrogen) atoms. The Balaban J connectivity index is 3.25. The number of hydrogen-bond donors (Lipinski definition) is 0. The van der Waals surface area contributed by atoms with Gasteiger partial charge in [0.15, 0.2) is 0 Å². The molecule has 136 valence electrons. The number of anilines is 1. The van der Waals surface area contributed by atoms with Crippen LogP contribution in [0, 0.1) is 6.57 Å². The summed E-state index contributed by atoms with van der Waals surface area (Å²) in [6.07, 6.45) is -0.721. The van der Waals surface area contributed by atoms with Gasteiger partial charge < -0.3 is 9.47 Å². The van der Waals surface area contributed by atoms with Crippen LogP contribution in [0.3, 0.4) is 0 Å². The molecule has 0 heterocycles. The largest absolute Gasteiger partial charge is 0.459 e. The fraction of sp³-hybridized carbons (Fsp3) is 0.500. The summed E-state index contributed by atoms with van der Waals surface area (Å²) < 4.78 is 11.4. The number of rotatable bonds is 3. The highest BCUT2D eigenvalue weighted by atomic mass is 79.9. The Morgan fingerprint density at radius 3 is 2.16 bits per heavy atom. The van der Waals surface area contributed by atoms with E-state index in [4.69, 9.17) is 16.0 Å². The van der Waals surface area contributed by atoms with Crippen molar-refractivity contribution < 1.29 is 19.1 Å². The molecule has 6 nitrogen and oxygen atoms in total. The summed E-state index contributed by atoms with van der Waals surface area (Å²) >= 11 is 3.32. The summed E-state index contributed by atoms with van der Waals surface area (Å²) in [6.45, 7) is 17.4. The van der Waals surface area contributed by atoms with Crippen molar-refractivity contribution in [1.82, 2.24) is 0 Å². The third-order valence-electron chi connectivity index (χ3n) is 2.67. The standard InChI is InChI=1S/C18H23BrN2O4/c1-17(2,3)24-15(22)11-21(16(23)25-18(4,5)6)14-10-12(19)8-9-13(14)20-7/h8-10H,11H2,1-6H3. The van der Waals surface area contributed by atoms with Gasteiger partial charge in [-0.1, -0.05) is 28.1 Å². The fourth-order valence-corrected chi connectivity index (χ4v) is 2.22. The van der Waals surface area contributed by atoms with E-state index in [1.165, 1.54) is 0 Å². The molecule has 0 saturated heterocycles. The molecule has 0 fully saturated rings. The minimum Gasteiger partial charge on any atom is -0.459 e. The normalized spacial score (nSPS) is 11.4. The minimum atomic E-state index is -0.743. The zero-order valence-corrected chi connectivity index (χ0v) is 16.9. The molecule has 1 rings (SSSR count). The zero-order valence-electron chi connectivity index (χ0n) is 15.3. The summed E-state index contributed by atoms with van der Waals surface area (Å²) in [5, 5.41) is 0. The van der Waals surface area contributed by atoms with E-state index in [-0.39, 0.29) is 17.9 Å². The lowest BCUT2D eigenvalue weighted by Crippen LogP contribution is -2.42. The van der Waals surface area contributed by atoms with Gasteiger partial charge in [-0.15, -0.1) is 0 Å². The van der Waals surface area contributed by atoms with E-state index < -0.39 is 23.3 Å². The number of nitrogens with zero attached hydrogens (tertiary/aromatic N) is 2. The van der Waals surface area contributed by atoms with Crippen molar-refractivity contribution in [3.63, 3.8) is 0 Å². The molecule has 0 aliphatic carbocycles. The quantitative estimate of drug-likeness (QED) is 0.514. The molecule has 1 aromatic carbocycles. The van der Waals surface area contributed by atoms with E-state index in [0.717, 1.165) is 4.90 Å². The third kappa shape index (κ3) is 7.14. The first-order valence-corrected chi connectivity index (χ1v) is 8.51. The lowest BCUT2D eigenvalue weighted by atomic mass is 10.2. The Morgan fingerprint density at radius 1 is 1.12 bits per heavy atom. The molecule has 1 amide bonds. The summed E-state index contributed by atoms with van der Waals surface area (Å²) in [5.74, 6) is -0.589. The molecule has 0 atom stereocenters. The van der Waals surface area contributed by atoms with E-state index in [2.05, 4.69) is 20.8 Å². The molecule has 1 aromatic rings. The molecule has 0 spiro atoms. The van der Waals surface area contributed by atoms with E-state index in [1.807, 2.05) is 0 Å². The monoisotopic (exact) mass is 410 g/mol. The van der Waals surface area contributed by atoms with Gasteiger partial charge in [-0.3, -0.25) is 9.69 Å². The van der Waals surface area contributed by atoms with Crippen molar-refractivity contribution in [3.05, 3.63) is 34.1 Å². The number of carbonyl (C=O) groups excluding carboxylic acids is 2. The number of ether oxygens (including phenoxy) is 2. The van der Waals surface area contributed by atoms with Crippen LogP contribution in [0.15, 0.2) is 22.7 Å². The predicted octanol–water partition coefficient (Wildman–Crippen LogP) is 5.08. The van der Waals surface area contributed by atoms with Crippen LogP contribution in [0.5, 0.6) is 0 Å². The molecule has 0 saturated carbocycles. The van der Waals surface area contributed by atoms with Crippen molar-refractivity contribution in [2.24, 2.45) is 0 Å². The summed E-state index contributed by atoms with van der Waals surface area (Å²) in [7, 11) is 0. The Hall–Kier alpha value is -2.07. The van der Waals surface area contributed by atoms with E-state index in [1.54, 1.807) is 59.7 Å². The van der Waals surface area contributed by atoms with Gasteiger partial charge in [0.05, 0.1) is 12.3 Å². The third-order valence-corrected chi connectivity index (χ3v) is 3.16. The van der Waals surface area contributed by atoms with Crippen LogP contribution in [0.25, 0.3) is 4.85 Å². The Bertz CT molecular complexity index is 696. The number of carbonyl (C=O) groups is 2. The van der Waals surface area contributed by atoms with Crippen LogP contribution in [-0.4, -0.2) is 29.8 Å². The van der Waals surface area contributed by atoms with Gasteiger partial charge in [-0.05, 0) is 47.6 Å². The maximum atomic E-state index is 12.6. The number of benzene rings is 1. The Labute approximate surface area is 157 Å². The topological polar surface area (TPSA) is 60.2 Å². The Kier molecular flexibility index (Phi) is 6.61. The molecule has 0 radical (unpaired) electrons. The molecule has 0 bridgehead atoms. The van der Waals surface area contributed by atoms with Gasteiger partial charge in [0.2, 0.25) is 5.69 Å². The molecule has 7 heteroatoms. The van der Waals surface area contributed by atoms with Gasteiger partial charge in [-0.25, -0.2) is 9.64 Å². The van der Waals surface area contributed by atoms with E-state index in [0.29, 0.717) is 4.47 Å². The van der Waals surface area contributed by atoms with Gasteiger partial charge in [0.25, 0.3) is 0 Å². The van der Waals surface area contributed by atoms with Crippen molar-refractivity contribution in [2.45, 2.75) is 52.7 Å². The van der Waals surface area contributed by atoms with Crippen molar-refractivity contribution in [2.75, 3.05) is 11.4 Å². The first-order chi connectivity index (χ1) is 11.3. The van der Waals surface area contributed by atoms with Crippen molar-refractivity contribution in [1.29, 1.82) is 0 Å². The van der Waals surface area contributed by atoms with Crippen LogP contribution in [0.4, 0.5) is 16.2 Å². The Morgan fingerprint density at radius 2 is 1.68 bits per heavy atom. The lowest BCUT2D eigenvalue weighted by Gasteiger charge is -2.29. The molecule has 0 aromatic heterocycles. The van der Waals surface area contributed by atoms with Crippen LogP contribution >= 0.6 is 15.9 Å². The zero-order chi connectivity index (χ0) is 19.4. The van der Waals surface area contributed by atoms with Gasteiger partial charge >= 0.3 is 12.1 Å². The summed E-state index contributed by atoms with van der Waals surface area (Å²) in [6, 6.07) is 4.86. The molecule has 0 N–H and O–H groups in total. The number of halogens is 1. The minimum absolute atomic E-state index is 0.234. The van der Waals surface area contributed by atoms with Gasteiger partial charge in [0, 0.05) is 4.47 Å². The summed E-state index contributed by atoms with van der Waals surface area (Å²) in [5.41, 5.74) is -0.911. The maximum Gasteiger partial charge on any atom is 0.414 e. The SMILES string of the molecule is [C-]#[N+]c1ccc(Br)cc1N(CC(=O)OC(C)(C)C)C(=O)OC(C)(C)C. The fourth-order valence-electron chi connectivity index (χ4n) is 1.88. The number of esters is 1. The second-order valence-corrected chi connectivity index (χ2v) is 8.31. The van der Waals surface area contributed by atoms with E-state index in [9.17, 15) is 9.59 Å². The highest BCUT2D eigenvalue weighted by molar-refractivity contribution is 9.10. The molecule has 0 aliphatic heterocycles. The number of amides is 1. The van der Waals surface area contributed by atoms with Gasteiger partial charge in [-0.2, -0.15) is 0 Å². The van der Waals surface area contributed by atoms with Crippen molar-refractivity contribution >= 4 is 39.4 Å². The van der Waals surface area contributed by atoms with Crippen LogP contribution in [-0.2, 0) is 14.3 Å². The first kappa shape index (κ1) is 21.0. The molecule has 0 unspecified atom stereocenters. The maximum absolute atomic E-state index is 12.6. The number of hydrogen-bond acceptors (Lipinski definition) is 4. The smallest absolute Gasteiger partial charge is 0.414 e. The van der Waals surface area contributed by atoms with E-state index >= 15 is 0 Å². The first-order valence-electron chi connectivity index (χ1n) is 7.72. The van der Waals surface area contributed by atoms with Crippen LogP contribution < -0.4 is 4.90 Å². The van der Waals surface area contributed by atoms with Crippen LogP contribution in [0.1, 0.15) is 41.5 Å². The molecular formula is C18H23BrN2O4.